The smallest absolute Gasteiger partial charge is 0.290 e. The Hall–Kier alpha value is -2.34. The van der Waals surface area contributed by atoms with Crippen molar-refractivity contribution < 1.29 is 19.1 Å². The second-order valence-electron chi connectivity index (χ2n) is 9.35. The van der Waals surface area contributed by atoms with Crippen LogP contribution in [0.3, 0.4) is 0 Å². The zero-order valence-electron chi connectivity index (χ0n) is 19.8. The molecule has 6 nitrogen and oxygen atoms in total. The number of Topliss-reactive ketones (excluding diaryl/α,β-unsaturated/α-hetero) is 1. The molecule has 3 aliphatic rings. The van der Waals surface area contributed by atoms with Crippen molar-refractivity contribution in [1.82, 2.24) is 9.80 Å². The van der Waals surface area contributed by atoms with E-state index in [4.69, 9.17) is 9.47 Å². The van der Waals surface area contributed by atoms with Gasteiger partial charge in [0.25, 0.3) is 5.91 Å². The highest BCUT2D eigenvalue weighted by Crippen LogP contribution is 2.47. The molecule has 0 bridgehead atoms. The minimum Gasteiger partial charge on any atom is -0.497 e. The number of rotatable bonds is 8. The number of carbonyl (C=O) groups excluding carboxylic acids is 2. The van der Waals surface area contributed by atoms with Gasteiger partial charge in [0.05, 0.1) is 24.6 Å². The summed E-state index contributed by atoms with van der Waals surface area (Å²) in [6.45, 7) is 9.99. The Morgan fingerprint density at radius 2 is 1.97 bits per heavy atom. The highest BCUT2D eigenvalue weighted by Gasteiger charge is 2.52. The maximum atomic E-state index is 13.7. The molecule has 1 aromatic rings. The molecule has 174 valence electrons. The van der Waals surface area contributed by atoms with E-state index in [1.165, 1.54) is 0 Å². The first-order valence-corrected chi connectivity index (χ1v) is 12.1. The maximum Gasteiger partial charge on any atom is 0.290 e. The number of amides is 1. The summed E-state index contributed by atoms with van der Waals surface area (Å²) in [5, 5.41) is 0. The van der Waals surface area contributed by atoms with E-state index in [-0.39, 0.29) is 23.7 Å². The predicted molar refractivity (Wildman–Crippen MR) is 123 cm³/mol. The van der Waals surface area contributed by atoms with Crippen LogP contribution >= 0.6 is 0 Å². The fourth-order valence-electron chi connectivity index (χ4n) is 5.52. The zero-order chi connectivity index (χ0) is 22.8. The Balaban J connectivity index is 1.67. The van der Waals surface area contributed by atoms with Crippen molar-refractivity contribution in [1.29, 1.82) is 0 Å². The fourth-order valence-corrected chi connectivity index (χ4v) is 5.52. The Morgan fingerprint density at radius 3 is 2.69 bits per heavy atom. The second-order valence-corrected chi connectivity index (χ2v) is 9.35. The largest absolute Gasteiger partial charge is 0.497 e. The Labute approximate surface area is 191 Å². The van der Waals surface area contributed by atoms with Crippen LogP contribution in [0, 0.1) is 11.8 Å². The number of methoxy groups -OCH3 is 1. The lowest BCUT2D eigenvalue weighted by molar-refractivity contribution is -0.136. The van der Waals surface area contributed by atoms with Crippen molar-refractivity contribution in [3.05, 3.63) is 41.2 Å². The van der Waals surface area contributed by atoms with Crippen LogP contribution in [0.5, 0.6) is 5.75 Å². The van der Waals surface area contributed by atoms with Crippen LogP contribution in [-0.4, -0.2) is 60.9 Å². The van der Waals surface area contributed by atoms with Gasteiger partial charge in [-0.3, -0.25) is 9.59 Å². The van der Waals surface area contributed by atoms with Crippen LogP contribution < -0.4 is 4.74 Å². The highest BCUT2D eigenvalue weighted by molar-refractivity contribution is 6.11. The minimum absolute atomic E-state index is 0.107. The first-order chi connectivity index (χ1) is 15.5. The average Bonchev–Trinajstić information content (AvgIpc) is 3.09. The number of hydrogen-bond acceptors (Lipinski definition) is 5. The summed E-state index contributed by atoms with van der Waals surface area (Å²) in [6.07, 6.45) is 3.40. The van der Waals surface area contributed by atoms with E-state index < -0.39 is 6.04 Å². The molecular formula is C26H36N2O4. The van der Waals surface area contributed by atoms with Crippen LogP contribution in [0.2, 0.25) is 0 Å². The predicted octanol–water partition coefficient (Wildman–Crippen LogP) is 3.97. The van der Waals surface area contributed by atoms with Gasteiger partial charge in [0.2, 0.25) is 0 Å². The second kappa shape index (κ2) is 9.65. The SMILES string of the molecule is CCN(CC)CCCN1C(=O)C2=C(C(=O)C3CC(C)CCC3O2)C1c1cccc(OC)c1. The normalized spacial score (nSPS) is 27.5. The lowest BCUT2D eigenvalue weighted by atomic mass is 9.74. The summed E-state index contributed by atoms with van der Waals surface area (Å²) >= 11 is 0. The molecule has 1 aliphatic carbocycles. The third-order valence-electron chi connectivity index (χ3n) is 7.38. The van der Waals surface area contributed by atoms with Gasteiger partial charge in [-0.15, -0.1) is 0 Å². The molecule has 6 heteroatoms. The molecule has 1 fully saturated rings. The molecule has 2 aliphatic heterocycles. The molecular weight excluding hydrogens is 404 g/mol. The van der Waals surface area contributed by atoms with Crippen molar-refractivity contribution in [2.24, 2.45) is 11.8 Å². The first-order valence-electron chi connectivity index (χ1n) is 12.1. The Kier molecular flexibility index (Phi) is 6.89. The molecule has 1 amide bonds. The van der Waals surface area contributed by atoms with Gasteiger partial charge in [0.1, 0.15) is 11.9 Å². The van der Waals surface area contributed by atoms with E-state index in [0.717, 1.165) is 56.6 Å². The molecule has 0 aromatic heterocycles. The highest BCUT2D eigenvalue weighted by atomic mass is 16.5. The van der Waals surface area contributed by atoms with Gasteiger partial charge >= 0.3 is 0 Å². The summed E-state index contributed by atoms with van der Waals surface area (Å²) in [5.74, 6) is 1.34. The van der Waals surface area contributed by atoms with Crippen LogP contribution in [-0.2, 0) is 14.3 Å². The van der Waals surface area contributed by atoms with Gasteiger partial charge in [-0.05, 0) is 68.9 Å². The number of ketones is 1. The number of carbonyl (C=O) groups is 2. The number of fused-ring (bicyclic) bond motifs is 1. The van der Waals surface area contributed by atoms with Crippen LogP contribution in [0.1, 0.15) is 58.1 Å². The molecule has 2 heterocycles. The monoisotopic (exact) mass is 440 g/mol. The van der Waals surface area contributed by atoms with Gasteiger partial charge in [-0.25, -0.2) is 0 Å². The minimum atomic E-state index is -0.407. The van der Waals surface area contributed by atoms with Gasteiger partial charge in [0, 0.05) is 6.54 Å². The zero-order valence-corrected chi connectivity index (χ0v) is 19.8. The lowest BCUT2D eigenvalue weighted by Gasteiger charge is -2.37. The van der Waals surface area contributed by atoms with Gasteiger partial charge < -0.3 is 19.3 Å². The number of benzene rings is 1. The fraction of sp³-hybridized carbons (Fsp3) is 0.615. The molecule has 4 rings (SSSR count). The standard InChI is InChI=1S/C26H36N2O4/c1-5-27(6-2)13-8-14-28-23(18-9-7-10-19(16-18)31-4)22-24(29)20-15-17(3)11-12-21(20)32-25(22)26(28)30/h7,9-10,16-17,20-21,23H,5-6,8,11-15H2,1-4H3. The van der Waals surface area contributed by atoms with Crippen LogP contribution in [0.25, 0.3) is 0 Å². The van der Waals surface area contributed by atoms with Crippen molar-refractivity contribution in [2.45, 2.75) is 58.6 Å². The average molecular weight is 441 g/mol. The van der Waals surface area contributed by atoms with E-state index in [1.807, 2.05) is 29.2 Å². The molecule has 32 heavy (non-hydrogen) atoms. The molecule has 0 spiro atoms. The van der Waals surface area contributed by atoms with Crippen molar-refractivity contribution in [3.8, 4) is 5.75 Å². The van der Waals surface area contributed by atoms with E-state index in [9.17, 15) is 9.59 Å². The molecule has 4 atom stereocenters. The molecule has 1 saturated carbocycles. The van der Waals surface area contributed by atoms with Crippen molar-refractivity contribution in [2.75, 3.05) is 33.3 Å². The van der Waals surface area contributed by atoms with Gasteiger partial charge in [-0.2, -0.15) is 0 Å². The molecule has 1 aromatic carbocycles. The molecule has 4 unspecified atom stereocenters. The topological polar surface area (TPSA) is 59.1 Å². The van der Waals surface area contributed by atoms with Gasteiger partial charge in [-0.1, -0.05) is 32.9 Å². The summed E-state index contributed by atoms with van der Waals surface area (Å²) in [4.78, 5) is 31.5. The first kappa shape index (κ1) is 22.8. The van der Waals surface area contributed by atoms with Gasteiger partial charge in [0.15, 0.2) is 11.5 Å². The summed E-state index contributed by atoms with van der Waals surface area (Å²) in [7, 11) is 1.63. The number of ether oxygens (including phenoxy) is 2. The van der Waals surface area contributed by atoms with E-state index in [2.05, 4.69) is 25.7 Å². The van der Waals surface area contributed by atoms with Crippen LogP contribution in [0.4, 0.5) is 0 Å². The Morgan fingerprint density at radius 1 is 1.19 bits per heavy atom. The van der Waals surface area contributed by atoms with E-state index >= 15 is 0 Å². The van der Waals surface area contributed by atoms with E-state index in [1.54, 1.807) is 7.11 Å². The van der Waals surface area contributed by atoms with E-state index in [0.29, 0.717) is 23.8 Å². The molecule has 0 saturated heterocycles. The summed E-state index contributed by atoms with van der Waals surface area (Å²) < 4.78 is 11.7. The molecule has 0 N–H and O–H groups in total. The third kappa shape index (κ3) is 4.17. The number of hydrogen-bond donors (Lipinski definition) is 0. The van der Waals surface area contributed by atoms with Crippen molar-refractivity contribution in [3.63, 3.8) is 0 Å². The maximum absolute atomic E-state index is 13.7. The molecule has 0 radical (unpaired) electrons. The van der Waals surface area contributed by atoms with Crippen molar-refractivity contribution >= 4 is 11.7 Å². The summed E-state index contributed by atoms with van der Waals surface area (Å²) in [6, 6.07) is 7.32. The Bertz CT molecular complexity index is 892. The lowest BCUT2D eigenvalue weighted by Crippen LogP contribution is -2.41. The third-order valence-corrected chi connectivity index (χ3v) is 7.38. The van der Waals surface area contributed by atoms with Crippen LogP contribution in [0.15, 0.2) is 35.6 Å². The number of nitrogens with zero attached hydrogens (tertiary/aromatic N) is 2. The summed E-state index contributed by atoms with van der Waals surface area (Å²) in [5.41, 5.74) is 1.46. The quantitative estimate of drug-likeness (QED) is 0.612.